The summed E-state index contributed by atoms with van der Waals surface area (Å²) in [6, 6.07) is -0.631. The summed E-state index contributed by atoms with van der Waals surface area (Å²) in [6.45, 7) is 2.09. The molecule has 0 bridgehead atoms. The summed E-state index contributed by atoms with van der Waals surface area (Å²) < 4.78 is 5.52. The minimum atomic E-state index is -0.631. The van der Waals surface area contributed by atoms with E-state index in [0.717, 1.165) is 4.62 Å². The highest BCUT2D eigenvalue weighted by molar-refractivity contribution is 9.18. The fraction of sp³-hybridized carbons (Fsp3) is 0.750. The number of ether oxygens (including phenoxy) is 1. The van der Waals surface area contributed by atoms with Gasteiger partial charge in [-0.3, -0.25) is 4.79 Å². The largest absolute Gasteiger partial charge is 0.465 e. The van der Waals surface area contributed by atoms with Crippen LogP contribution in [0.25, 0.3) is 0 Å². The maximum Gasteiger partial charge on any atom is 0.323 e. The number of nitrogens with zero attached hydrogens (tertiary/aromatic N) is 1. The van der Waals surface area contributed by atoms with E-state index in [0.29, 0.717) is 19.4 Å². The van der Waals surface area contributed by atoms with E-state index in [1.165, 1.54) is 0 Å². The summed E-state index contributed by atoms with van der Waals surface area (Å²) in [5, 5.41) is 3.70. The predicted molar refractivity (Wildman–Crippen MR) is 55.1 cm³/mol. The molecule has 6 heteroatoms. The Morgan fingerprint density at radius 1 is 1.93 bits per heavy atom. The molecule has 0 aromatic heterocycles. The van der Waals surface area contributed by atoms with Crippen LogP contribution in [-0.4, -0.2) is 29.3 Å². The van der Waals surface area contributed by atoms with Crippen molar-refractivity contribution in [3.05, 3.63) is 0 Å². The Labute approximate surface area is 90.7 Å². The number of hydrogen-bond acceptors (Lipinski definition) is 5. The van der Waals surface area contributed by atoms with Gasteiger partial charge in [0.15, 0.2) is 0 Å². The zero-order chi connectivity index (χ0) is 10.6. The molecule has 14 heavy (non-hydrogen) atoms. The average molecular weight is 265 g/mol. The lowest BCUT2D eigenvalue weighted by molar-refractivity contribution is -0.145. The van der Waals surface area contributed by atoms with Crippen molar-refractivity contribution < 1.29 is 14.4 Å². The molecule has 1 heterocycles. The van der Waals surface area contributed by atoms with Gasteiger partial charge in [-0.05, 0) is 22.9 Å². The summed E-state index contributed by atoms with van der Waals surface area (Å²) >= 11 is 3.20. The van der Waals surface area contributed by atoms with Gasteiger partial charge in [0.2, 0.25) is 0 Å². The minimum Gasteiger partial charge on any atom is -0.465 e. The van der Waals surface area contributed by atoms with Gasteiger partial charge in [0.25, 0.3) is 0 Å². The van der Waals surface area contributed by atoms with Crippen LogP contribution >= 0.6 is 15.9 Å². The van der Waals surface area contributed by atoms with E-state index in [4.69, 9.17) is 15.3 Å². The molecule has 80 valence electrons. The molecule has 0 saturated heterocycles. The Balaban J connectivity index is 2.27. The number of oxime groups is 1. The Kier molecular flexibility index (Phi) is 4.34. The minimum absolute atomic E-state index is 0.121. The topological polar surface area (TPSA) is 73.9 Å². The van der Waals surface area contributed by atoms with Crippen molar-refractivity contribution in [3.8, 4) is 0 Å². The number of rotatable bonds is 4. The number of hydrogen-bond donors (Lipinski definition) is 1. The number of esters is 1. The standard InChI is InChI=1S/C8H13BrN2O3/c1-2-13-8(12)6(10)3-5-4-7(9)11-14-5/h5-6H,2-4,10H2,1H3/t5-,6+/m1/s1. The number of carbonyl (C=O) groups is 1. The maximum absolute atomic E-state index is 11.2. The highest BCUT2D eigenvalue weighted by Crippen LogP contribution is 2.18. The zero-order valence-corrected chi connectivity index (χ0v) is 9.49. The molecule has 1 aliphatic rings. The van der Waals surface area contributed by atoms with E-state index in [1.807, 2.05) is 0 Å². The quantitative estimate of drug-likeness (QED) is 0.762. The highest BCUT2D eigenvalue weighted by atomic mass is 79.9. The van der Waals surface area contributed by atoms with E-state index >= 15 is 0 Å². The summed E-state index contributed by atoms with van der Waals surface area (Å²) in [7, 11) is 0. The van der Waals surface area contributed by atoms with Crippen LogP contribution in [0.2, 0.25) is 0 Å². The van der Waals surface area contributed by atoms with E-state index in [2.05, 4.69) is 21.1 Å². The van der Waals surface area contributed by atoms with Gasteiger partial charge in [-0.25, -0.2) is 0 Å². The van der Waals surface area contributed by atoms with Gasteiger partial charge in [-0.1, -0.05) is 5.16 Å². The second-order valence-corrected chi connectivity index (χ2v) is 3.91. The molecule has 0 amide bonds. The second kappa shape index (κ2) is 5.31. The molecule has 0 saturated carbocycles. The van der Waals surface area contributed by atoms with Crippen molar-refractivity contribution in [2.45, 2.75) is 31.9 Å². The van der Waals surface area contributed by atoms with E-state index < -0.39 is 6.04 Å². The van der Waals surface area contributed by atoms with E-state index in [9.17, 15) is 4.79 Å². The van der Waals surface area contributed by atoms with Gasteiger partial charge in [-0.15, -0.1) is 0 Å². The van der Waals surface area contributed by atoms with Crippen LogP contribution in [0.3, 0.4) is 0 Å². The lowest BCUT2D eigenvalue weighted by atomic mass is 10.1. The van der Waals surface area contributed by atoms with Crippen molar-refractivity contribution in [2.24, 2.45) is 10.9 Å². The molecule has 0 spiro atoms. The van der Waals surface area contributed by atoms with Crippen LogP contribution in [0.1, 0.15) is 19.8 Å². The fourth-order valence-electron chi connectivity index (χ4n) is 1.15. The molecule has 1 aliphatic heterocycles. The third-order valence-corrected chi connectivity index (χ3v) is 2.27. The summed E-state index contributed by atoms with van der Waals surface area (Å²) in [5.41, 5.74) is 5.61. The Morgan fingerprint density at radius 3 is 3.14 bits per heavy atom. The molecule has 5 nitrogen and oxygen atoms in total. The van der Waals surface area contributed by atoms with Crippen molar-refractivity contribution >= 4 is 26.5 Å². The van der Waals surface area contributed by atoms with Crippen LogP contribution in [0, 0.1) is 0 Å². The smallest absolute Gasteiger partial charge is 0.323 e. The van der Waals surface area contributed by atoms with Gasteiger partial charge < -0.3 is 15.3 Å². The van der Waals surface area contributed by atoms with Crippen molar-refractivity contribution in [1.82, 2.24) is 0 Å². The Hall–Kier alpha value is -0.620. The summed E-state index contributed by atoms with van der Waals surface area (Å²) in [6.07, 6.45) is 0.966. The molecule has 0 unspecified atom stereocenters. The first-order valence-electron chi connectivity index (χ1n) is 4.44. The number of halogens is 1. The van der Waals surface area contributed by atoms with Crippen LogP contribution < -0.4 is 5.73 Å². The second-order valence-electron chi connectivity index (χ2n) is 2.99. The van der Waals surface area contributed by atoms with Crippen molar-refractivity contribution in [2.75, 3.05) is 6.61 Å². The fourth-order valence-corrected chi connectivity index (χ4v) is 1.59. The third kappa shape index (κ3) is 3.26. The van der Waals surface area contributed by atoms with Gasteiger partial charge in [0, 0.05) is 12.8 Å². The lowest BCUT2D eigenvalue weighted by Gasteiger charge is -2.13. The van der Waals surface area contributed by atoms with Gasteiger partial charge in [0.1, 0.15) is 16.8 Å². The molecule has 2 atom stereocenters. The van der Waals surface area contributed by atoms with Crippen LogP contribution in [0.5, 0.6) is 0 Å². The van der Waals surface area contributed by atoms with Crippen LogP contribution in [0.4, 0.5) is 0 Å². The molecule has 2 N–H and O–H groups in total. The number of nitrogens with two attached hydrogens (primary N) is 1. The third-order valence-electron chi connectivity index (χ3n) is 1.80. The first kappa shape index (κ1) is 11.5. The number of carbonyl (C=O) groups excluding carboxylic acids is 1. The molecule has 0 fully saturated rings. The summed E-state index contributed by atoms with van der Waals surface area (Å²) in [5.74, 6) is -0.390. The van der Waals surface area contributed by atoms with Crippen molar-refractivity contribution in [3.63, 3.8) is 0 Å². The molecule has 0 aliphatic carbocycles. The van der Waals surface area contributed by atoms with Crippen LogP contribution in [-0.2, 0) is 14.4 Å². The Bertz CT molecular complexity index is 245. The first-order chi connectivity index (χ1) is 6.63. The van der Waals surface area contributed by atoms with Gasteiger partial charge in [-0.2, -0.15) is 0 Å². The molecule has 0 radical (unpaired) electrons. The first-order valence-corrected chi connectivity index (χ1v) is 5.23. The normalized spacial score (nSPS) is 22.5. The zero-order valence-electron chi connectivity index (χ0n) is 7.90. The molecular weight excluding hydrogens is 252 g/mol. The molecule has 0 aromatic rings. The van der Waals surface area contributed by atoms with E-state index in [1.54, 1.807) is 6.92 Å². The summed E-state index contributed by atoms with van der Waals surface area (Å²) in [4.78, 5) is 16.2. The van der Waals surface area contributed by atoms with Gasteiger partial charge in [0.05, 0.1) is 6.61 Å². The SMILES string of the molecule is CCOC(=O)[C@@H](N)C[C@@H]1CC(Br)=NO1. The average Bonchev–Trinajstić information content (AvgIpc) is 2.51. The van der Waals surface area contributed by atoms with Gasteiger partial charge >= 0.3 is 5.97 Å². The Morgan fingerprint density at radius 2 is 2.64 bits per heavy atom. The van der Waals surface area contributed by atoms with Crippen LogP contribution in [0.15, 0.2) is 5.16 Å². The lowest BCUT2D eigenvalue weighted by Crippen LogP contribution is -2.35. The maximum atomic E-state index is 11.2. The molecular formula is C8H13BrN2O3. The monoisotopic (exact) mass is 264 g/mol. The molecule has 0 aromatic carbocycles. The predicted octanol–water partition coefficient (Wildman–Crippen LogP) is 0.764. The molecule has 1 rings (SSSR count). The highest BCUT2D eigenvalue weighted by Gasteiger charge is 2.25. The van der Waals surface area contributed by atoms with Crippen molar-refractivity contribution in [1.29, 1.82) is 0 Å². The van der Waals surface area contributed by atoms with E-state index in [-0.39, 0.29) is 12.1 Å².